The van der Waals surface area contributed by atoms with Crippen LogP contribution in [0.1, 0.15) is 53.4 Å². The van der Waals surface area contributed by atoms with Gasteiger partial charge in [-0.25, -0.2) is 4.79 Å². The summed E-state index contributed by atoms with van der Waals surface area (Å²) in [5.74, 6) is -0.727. The number of hydrogen-bond acceptors (Lipinski definition) is 6. The number of ether oxygens (including phenoxy) is 3. The Bertz CT molecular complexity index is 809. The van der Waals surface area contributed by atoms with Crippen LogP contribution >= 0.6 is 0 Å². The summed E-state index contributed by atoms with van der Waals surface area (Å²) >= 11 is 0. The summed E-state index contributed by atoms with van der Waals surface area (Å²) in [5, 5.41) is 0. The second-order valence-corrected chi connectivity index (χ2v) is 9.27. The molecule has 3 aliphatic rings. The lowest BCUT2D eigenvalue weighted by Crippen LogP contribution is -2.58. The van der Waals surface area contributed by atoms with Gasteiger partial charge in [0.15, 0.2) is 0 Å². The third-order valence-electron chi connectivity index (χ3n) is 7.29. The molecule has 1 aliphatic heterocycles. The molecule has 2 aliphatic carbocycles. The zero-order chi connectivity index (χ0) is 22.1. The molecule has 1 heterocycles. The van der Waals surface area contributed by atoms with Crippen molar-refractivity contribution in [3.63, 3.8) is 0 Å². The SMILES string of the molecule is C=C1CCC2[C@](C)(COC(C)=O)[C@H](OC(C)=O)CC[C@@]2(C)[C@@H]1/C=C/C1=CCOC1=O. The van der Waals surface area contributed by atoms with Crippen LogP contribution in [0.15, 0.2) is 36.0 Å². The summed E-state index contributed by atoms with van der Waals surface area (Å²) in [7, 11) is 0. The molecular formula is C24H32O6. The fraction of sp³-hybridized carbons (Fsp3) is 0.625. The number of hydrogen-bond donors (Lipinski definition) is 0. The van der Waals surface area contributed by atoms with Gasteiger partial charge in [-0.2, -0.15) is 0 Å². The van der Waals surface area contributed by atoms with E-state index in [1.165, 1.54) is 13.8 Å². The van der Waals surface area contributed by atoms with Crippen molar-refractivity contribution >= 4 is 17.9 Å². The van der Waals surface area contributed by atoms with Crippen LogP contribution in [0, 0.1) is 22.7 Å². The first-order valence-corrected chi connectivity index (χ1v) is 10.6. The minimum atomic E-state index is -0.497. The number of cyclic esters (lactones) is 1. The van der Waals surface area contributed by atoms with Crippen molar-refractivity contribution in [2.45, 2.75) is 59.5 Å². The average Bonchev–Trinajstić information content (AvgIpc) is 3.07. The van der Waals surface area contributed by atoms with E-state index in [1.807, 2.05) is 6.08 Å². The molecule has 3 rings (SSSR count). The molecule has 0 amide bonds. The summed E-state index contributed by atoms with van der Waals surface area (Å²) < 4.78 is 16.2. The van der Waals surface area contributed by atoms with E-state index in [0.29, 0.717) is 18.6 Å². The molecule has 0 saturated heterocycles. The zero-order valence-corrected chi connectivity index (χ0v) is 18.4. The molecule has 0 N–H and O–H groups in total. The van der Waals surface area contributed by atoms with Crippen molar-refractivity contribution in [3.8, 4) is 0 Å². The number of carbonyl (C=O) groups excluding carboxylic acids is 3. The first-order chi connectivity index (χ1) is 14.1. The van der Waals surface area contributed by atoms with E-state index in [9.17, 15) is 14.4 Å². The summed E-state index contributed by atoms with van der Waals surface area (Å²) in [6.45, 7) is 12.0. The van der Waals surface area contributed by atoms with Crippen LogP contribution < -0.4 is 0 Å². The average molecular weight is 417 g/mol. The zero-order valence-electron chi connectivity index (χ0n) is 18.4. The van der Waals surface area contributed by atoms with Gasteiger partial charge >= 0.3 is 17.9 Å². The normalized spacial score (nSPS) is 36.1. The summed E-state index contributed by atoms with van der Waals surface area (Å²) in [5.41, 5.74) is 1.06. The maximum Gasteiger partial charge on any atom is 0.338 e. The predicted octanol–water partition coefficient (Wildman–Crippen LogP) is 3.91. The molecule has 30 heavy (non-hydrogen) atoms. The third kappa shape index (κ3) is 4.09. The van der Waals surface area contributed by atoms with Crippen molar-refractivity contribution in [1.82, 2.24) is 0 Å². The number of allylic oxidation sites excluding steroid dienone is 2. The molecule has 0 bridgehead atoms. The fourth-order valence-corrected chi connectivity index (χ4v) is 5.82. The number of fused-ring (bicyclic) bond motifs is 1. The van der Waals surface area contributed by atoms with E-state index in [-0.39, 0.29) is 47.9 Å². The van der Waals surface area contributed by atoms with Gasteiger partial charge in [0.05, 0.1) is 5.57 Å². The number of rotatable bonds is 5. The number of carbonyl (C=O) groups is 3. The highest BCUT2D eigenvalue weighted by Gasteiger charge is 2.59. The van der Waals surface area contributed by atoms with Crippen molar-refractivity contribution in [3.05, 3.63) is 36.0 Å². The molecule has 0 aromatic heterocycles. The standard InChI is InChI=1S/C24H32O6/c1-15-6-9-20-23(4,19(15)8-7-18-11-13-28-22(18)27)12-10-21(30-17(3)26)24(20,5)14-29-16(2)25/h7-8,11,19-21H,1,6,9-10,12-14H2,2-5H3/b8-7+/t19-,20?,21-,23+,24+/m1/s1. The predicted molar refractivity (Wildman–Crippen MR) is 111 cm³/mol. The molecule has 0 spiro atoms. The Morgan fingerprint density at radius 1 is 1.27 bits per heavy atom. The molecular weight excluding hydrogens is 384 g/mol. The maximum absolute atomic E-state index is 11.8. The molecule has 6 heteroatoms. The first kappa shape index (κ1) is 22.3. The second-order valence-electron chi connectivity index (χ2n) is 9.27. The van der Waals surface area contributed by atoms with Crippen LogP contribution in [0.25, 0.3) is 0 Å². The fourth-order valence-electron chi connectivity index (χ4n) is 5.82. The third-order valence-corrected chi connectivity index (χ3v) is 7.29. The van der Waals surface area contributed by atoms with Gasteiger partial charge in [0.1, 0.15) is 19.3 Å². The van der Waals surface area contributed by atoms with E-state index in [4.69, 9.17) is 14.2 Å². The summed E-state index contributed by atoms with van der Waals surface area (Å²) in [6, 6.07) is 0. The number of esters is 3. The van der Waals surface area contributed by atoms with Gasteiger partial charge in [-0.15, -0.1) is 0 Å². The van der Waals surface area contributed by atoms with E-state index in [1.54, 1.807) is 6.08 Å². The Kier molecular flexibility index (Phi) is 6.25. The quantitative estimate of drug-likeness (QED) is 0.384. The van der Waals surface area contributed by atoms with Gasteiger partial charge in [-0.05, 0) is 43.1 Å². The largest absolute Gasteiger partial charge is 0.465 e. The highest BCUT2D eigenvalue weighted by atomic mass is 16.6. The summed E-state index contributed by atoms with van der Waals surface area (Å²) in [4.78, 5) is 35.2. The van der Waals surface area contributed by atoms with Crippen molar-refractivity contribution in [2.24, 2.45) is 22.7 Å². The Morgan fingerprint density at radius 2 is 2.00 bits per heavy atom. The topological polar surface area (TPSA) is 78.9 Å². The van der Waals surface area contributed by atoms with Crippen LogP contribution in [-0.2, 0) is 28.6 Å². The molecule has 2 fully saturated rings. The van der Waals surface area contributed by atoms with Crippen molar-refractivity contribution < 1.29 is 28.6 Å². The molecule has 6 nitrogen and oxygen atoms in total. The van der Waals surface area contributed by atoms with Crippen LogP contribution in [-0.4, -0.2) is 37.2 Å². The molecule has 164 valence electrons. The van der Waals surface area contributed by atoms with Gasteiger partial charge in [-0.1, -0.05) is 38.2 Å². The Morgan fingerprint density at radius 3 is 2.60 bits per heavy atom. The Hall–Kier alpha value is -2.37. The minimum Gasteiger partial charge on any atom is -0.465 e. The van der Waals surface area contributed by atoms with Crippen LogP contribution in [0.5, 0.6) is 0 Å². The van der Waals surface area contributed by atoms with Crippen LogP contribution in [0.2, 0.25) is 0 Å². The Labute approximate surface area is 178 Å². The molecule has 0 aromatic carbocycles. The minimum absolute atomic E-state index is 0.0699. The maximum atomic E-state index is 11.8. The van der Waals surface area contributed by atoms with E-state index < -0.39 is 5.41 Å². The lowest BCUT2D eigenvalue weighted by atomic mass is 9.46. The Balaban J connectivity index is 1.94. The summed E-state index contributed by atoms with van der Waals surface area (Å²) in [6.07, 6.45) is 8.66. The molecule has 0 radical (unpaired) electrons. The molecule has 5 atom stereocenters. The smallest absolute Gasteiger partial charge is 0.338 e. The van der Waals surface area contributed by atoms with Gasteiger partial charge in [0.25, 0.3) is 0 Å². The molecule has 0 aromatic rings. The highest BCUT2D eigenvalue weighted by Crippen LogP contribution is 2.62. The first-order valence-electron chi connectivity index (χ1n) is 10.6. The molecule has 2 saturated carbocycles. The second kappa shape index (κ2) is 8.40. The monoisotopic (exact) mass is 416 g/mol. The van der Waals surface area contributed by atoms with Crippen molar-refractivity contribution in [2.75, 3.05) is 13.2 Å². The van der Waals surface area contributed by atoms with Gasteiger partial charge < -0.3 is 14.2 Å². The highest BCUT2D eigenvalue weighted by molar-refractivity contribution is 5.93. The van der Waals surface area contributed by atoms with Crippen LogP contribution in [0.4, 0.5) is 0 Å². The lowest BCUT2D eigenvalue weighted by molar-refractivity contribution is -0.189. The van der Waals surface area contributed by atoms with Gasteiger partial charge in [0.2, 0.25) is 0 Å². The van der Waals surface area contributed by atoms with Gasteiger partial charge in [-0.3, -0.25) is 9.59 Å². The van der Waals surface area contributed by atoms with E-state index >= 15 is 0 Å². The lowest BCUT2D eigenvalue weighted by Gasteiger charge is -2.59. The van der Waals surface area contributed by atoms with Gasteiger partial charge in [0, 0.05) is 25.2 Å². The van der Waals surface area contributed by atoms with Crippen LogP contribution in [0.3, 0.4) is 0 Å². The van der Waals surface area contributed by atoms with E-state index in [0.717, 1.165) is 24.8 Å². The molecule has 1 unspecified atom stereocenters. The van der Waals surface area contributed by atoms with E-state index in [2.05, 4.69) is 26.5 Å². The van der Waals surface area contributed by atoms with Crippen molar-refractivity contribution in [1.29, 1.82) is 0 Å².